The van der Waals surface area contributed by atoms with Gasteiger partial charge in [-0.25, -0.2) is 0 Å². The highest BCUT2D eigenvalue weighted by molar-refractivity contribution is 6.00. The number of carbonyl (C=O) groups is 2. The lowest BCUT2D eigenvalue weighted by Crippen LogP contribution is -2.48. The van der Waals surface area contributed by atoms with Crippen LogP contribution in [0.25, 0.3) is 0 Å². The first kappa shape index (κ1) is 17.0. The second kappa shape index (κ2) is 6.93. The van der Waals surface area contributed by atoms with E-state index in [0.717, 1.165) is 49.4 Å². The number of hydrogen-bond donors (Lipinski definition) is 1. The van der Waals surface area contributed by atoms with Gasteiger partial charge in [0.25, 0.3) is 0 Å². The lowest BCUT2D eigenvalue weighted by atomic mass is 10.1. The zero-order valence-electron chi connectivity index (χ0n) is 14.8. The molecule has 5 heteroatoms. The maximum Gasteiger partial charge on any atom is 0.228 e. The van der Waals surface area contributed by atoms with Crippen LogP contribution in [0.5, 0.6) is 0 Å². The van der Waals surface area contributed by atoms with Crippen molar-refractivity contribution in [3.63, 3.8) is 0 Å². The fourth-order valence-corrected chi connectivity index (χ4v) is 3.44. The number of carbonyl (C=O) groups excluding carboxylic acids is 2. The molecule has 1 aliphatic carbocycles. The summed E-state index contributed by atoms with van der Waals surface area (Å²) in [5.74, 6) is -0.140. The van der Waals surface area contributed by atoms with E-state index in [2.05, 4.69) is 24.2 Å². The van der Waals surface area contributed by atoms with Crippen molar-refractivity contribution in [3.8, 4) is 0 Å². The molecule has 24 heavy (non-hydrogen) atoms. The minimum atomic E-state index is -0.165. The van der Waals surface area contributed by atoms with Crippen molar-refractivity contribution < 1.29 is 9.59 Å². The van der Waals surface area contributed by atoms with Crippen LogP contribution in [0.4, 0.5) is 5.69 Å². The quantitative estimate of drug-likeness (QED) is 0.918. The van der Waals surface area contributed by atoms with Crippen molar-refractivity contribution in [1.29, 1.82) is 0 Å². The molecular weight excluding hydrogens is 302 g/mol. The monoisotopic (exact) mass is 329 g/mol. The molecule has 1 aliphatic heterocycles. The molecule has 1 saturated heterocycles. The topological polar surface area (TPSA) is 52.7 Å². The summed E-state index contributed by atoms with van der Waals surface area (Å²) >= 11 is 0. The minimum Gasteiger partial charge on any atom is -0.340 e. The number of piperazine rings is 1. The van der Waals surface area contributed by atoms with E-state index < -0.39 is 0 Å². The number of nitrogens with one attached hydrogen (secondary N) is 1. The summed E-state index contributed by atoms with van der Waals surface area (Å²) in [5.41, 5.74) is 3.14. The largest absolute Gasteiger partial charge is 0.340 e. The highest BCUT2D eigenvalue weighted by Gasteiger charge is 2.49. The van der Waals surface area contributed by atoms with Gasteiger partial charge < -0.3 is 15.1 Å². The van der Waals surface area contributed by atoms with Crippen molar-refractivity contribution in [1.82, 2.24) is 9.80 Å². The van der Waals surface area contributed by atoms with Crippen LogP contribution in [-0.2, 0) is 16.0 Å². The summed E-state index contributed by atoms with van der Waals surface area (Å²) < 4.78 is 0. The Morgan fingerprint density at radius 1 is 1.17 bits per heavy atom. The summed E-state index contributed by atoms with van der Waals surface area (Å²) in [5, 5.41) is 3.07. The van der Waals surface area contributed by atoms with Crippen LogP contribution in [-0.4, -0.2) is 54.8 Å². The molecule has 1 N–H and O–H groups in total. The third kappa shape index (κ3) is 3.46. The second-order valence-electron chi connectivity index (χ2n) is 7.03. The molecule has 130 valence electrons. The van der Waals surface area contributed by atoms with Crippen molar-refractivity contribution in [2.24, 2.45) is 11.8 Å². The molecule has 5 nitrogen and oxygen atoms in total. The van der Waals surface area contributed by atoms with E-state index in [0.29, 0.717) is 6.42 Å². The molecule has 1 saturated carbocycles. The van der Waals surface area contributed by atoms with Gasteiger partial charge in [-0.3, -0.25) is 9.59 Å². The van der Waals surface area contributed by atoms with Crippen LogP contribution in [0, 0.1) is 18.8 Å². The summed E-state index contributed by atoms with van der Waals surface area (Å²) in [6, 6.07) is 6.07. The molecule has 0 spiro atoms. The molecule has 2 amide bonds. The van der Waals surface area contributed by atoms with Gasteiger partial charge in [-0.15, -0.1) is 0 Å². The Kier molecular flexibility index (Phi) is 4.90. The first-order valence-corrected chi connectivity index (χ1v) is 8.88. The maximum absolute atomic E-state index is 12.6. The van der Waals surface area contributed by atoms with Gasteiger partial charge in [0.1, 0.15) is 0 Å². The van der Waals surface area contributed by atoms with Crippen LogP contribution in [0.3, 0.4) is 0 Å². The predicted octanol–water partition coefficient (Wildman–Crippen LogP) is 1.91. The van der Waals surface area contributed by atoms with Gasteiger partial charge in [-0.2, -0.15) is 0 Å². The highest BCUT2D eigenvalue weighted by Crippen LogP contribution is 2.41. The molecule has 2 atom stereocenters. The van der Waals surface area contributed by atoms with Gasteiger partial charge in [0, 0.05) is 31.9 Å². The number of nitrogens with zero attached hydrogens (tertiary/aromatic N) is 2. The number of para-hydroxylation sites is 1. The Bertz CT molecular complexity index is 635. The fourth-order valence-electron chi connectivity index (χ4n) is 3.44. The molecule has 3 rings (SSSR count). The van der Waals surface area contributed by atoms with Gasteiger partial charge in [0.15, 0.2) is 0 Å². The summed E-state index contributed by atoms with van der Waals surface area (Å²) in [7, 11) is 2.07. The number of rotatable bonds is 4. The van der Waals surface area contributed by atoms with Crippen molar-refractivity contribution in [3.05, 3.63) is 29.3 Å². The van der Waals surface area contributed by atoms with Gasteiger partial charge in [0.05, 0.1) is 11.8 Å². The van der Waals surface area contributed by atoms with Crippen LogP contribution in [0.1, 0.15) is 24.5 Å². The van der Waals surface area contributed by atoms with Crippen LogP contribution in [0.2, 0.25) is 0 Å². The number of anilines is 1. The second-order valence-corrected chi connectivity index (χ2v) is 7.03. The smallest absolute Gasteiger partial charge is 0.228 e. The molecule has 2 fully saturated rings. The van der Waals surface area contributed by atoms with Gasteiger partial charge in [-0.1, -0.05) is 25.1 Å². The Morgan fingerprint density at radius 2 is 1.88 bits per heavy atom. The zero-order chi connectivity index (χ0) is 17.3. The number of aryl methyl sites for hydroxylation is 2. The van der Waals surface area contributed by atoms with E-state index >= 15 is 0 Å². The SMILES string of the molecule is CCc1cccc(C)c1NC(=O)C1CC1C(=O)N1CCN(C)CC1. The first-order valence-electron chi connectivity index (χ1n) is 8.88. The zero-order valence-corrected chi connectivity index (χ0v) is 14.8. The third-order valence-electron chi connectivity index (χ3n) is 5.25. The van der Waals surface area contributed by atoms with Crippen LogP contribution >= 0.6 is 0 Å². The van der Waals surface area contributed by atoms with E-state index in [4.69, 9.17) is 0 Å². The normalized spacial score (nSPS) is 23.9. The first-order chi connectivity index (χ1) is 11.5. The number of likely N-dealkylation sites (N-methyl/N-ethyl adjacent to an activating group) is 1. The van der Waals surface area contributed by atoms with Crippen molar-refractivity contribution >= 4 is 17.5 Å². The Morgan fingerprint density at radius 3 is 2.54 bits per heavy atom. The van der Waals surface area contributed by atoms with Crippen molar-refractivity contribution in [2.75, 3.05) is 38.5 Å². The average Bonchev–Trinajstić information content (AvgIpc) is 3.37. The molecule has 0 bridgehead atoms. The minimum absolute atomic E-state index is 0.00789. The van der Waals surface area contributed by atoms with Gasteiger partial charge >= 0.3 is 0 Å². The fraction of sp³-hybridized carbons (Fsp3) is 0.579. The van der Waals surface area contributed by atoms with Crippen molar-refractivity contribution in [2.45, 2.75) is 26.7 Å². The Hall–Kier alpha value is -1.88. The highest BCUT2D eigenvalue weighted by atomic mass is 16.2. The molecule has 2 aliphatic rings. The molecule has 0 aromatic heterocycles. The van der Waals surface area contributed by atoms with Gasteiger partial charge in [-0.05, 0) is 37.9 Å². The molecule has 1 aromatic rings. The molecule has 1 aromatic carbocycles. The predicted molar refractivity (Wildman–Crippen MR) is 94.9 cm³/mol. The Balaban J connectivity index is 1.59. The lowest BCUT2D eigenvalue weighted by molar-refractivity contribution is -0.135. The average molecular weight is 329 g/mol. The van der Waals surface area contributed by atoms with E-state index in [-0.39, 0.29) is 23.7 Å². The lowest BCUT2D eigenvalue weighted by Gasteiger charge is -2.32. The molecular formula is C19H27N3O2. The molecule has 1 heterocycles. The third-order valence-corrected chi connectivity index (χ3v) is 5.25. The molecule has 2 unspecified atom stereocenters. The van der Waals surface area contributed by atoms with E-state index in [1.54, 1.807) is 0 Å². The van der Waals surface area contributed by atoms with E-state index in [1.807, 2.05) is 30.0 Å². The number of amides is 2. The Labute approximate surface area is 144 Å². The van der Waals surface area contributed by atoms with E-state index in [1.165, 1.54) is 0 Å². The standard InChI is InChI=1S/C19H27N3O2/c1-4-14-7-5-6-13(2)17(14)20-18(23)15-12-16(15)19(24)22-10-8-21(3)9-11-22/h5-7,15-16H,4,8-12H2,1-3H3,(H,20,23). The van der Waals surface area contributed by atoms with Gasteiger partial charge in [0.2, 0.25) is 11.8 Å². The van der Waals surface area contributed by atoms with E-state index in [9.17, 15) is 9.59 Å². The van der Waals surface area contributed by atoms with Crippen LogP contribution in [0.15, 0.2) is 18.2 Å². The number of hydrogen-bond acceptors (Lipinski definition) is 3. The summed E-state index contributed by atoms with van der Waals surface area (Å²) in [4.78, 5) is 29.3. The number of benzene rings is 1. The summed E-state index contributed by atoms with van der Waals surface area (Å²) in [6.07, 6.45) is 1.57. The summed E-state index contributed by atoms with van der Waals surface area (Å²) in [6.45, 7) is 7.47. The maximum atomic E-state index is 12.6. The molecule has 0 radical (unpaired) electrons. The van der Waals surface area contributed by atoms with Crippen LogP contribution < -0.4 is 5.32 Å².